The first-order chi connectivity index (χ1) is 14.8. The normalized spacial score (nSPS) is 15.7. The Morgan fingerprint density at radius 1 is 1.16 bits per heavy atom. The van der Waals surface area contributed by atoms with E-state index in [-0.39, 0.29) is 17.7 Å². The quantitative estimate of drug-likeness (QED) is 0.339. The van der Waals surface area contributed by atoms with Crippen LogP contribution < -0.4 is 15.4 Å². The summed E-state index contributed by atoms with van der Waals surface area (Å²) < 4.78 is 11.1. The van der Waals surface area contributed by atoms with Crippen LogP contribution in [0, 0.1) is 5.92 Å². The highest BCUT2D eigenvalue weighted by Crippen LogP contribution is 2.32. The van der Waals surface area contributed by atoms with Crippen LogP contribution in [-0.4, -0.2) is 41.4 Å². The number of anilines is 2. The van der Waals surface area contributed by atoms with Crippen molar-refractivity contribution in [2.45, 2.75) is 59.8 Å². The van der Waals surface area contributed by atoms with Crippen LogP contribution in [0.25, 0.3) is 0 Å². The number of carbonyl (C=O) groups is 2. The SMILES string of the molecule is CCOC(=O)C1CCN(c2ncnc(O/C(=C/C=C(\C)CCC(C)=O)CC)c2N)CC1. The molecule has 1 aromatic heterocycles. The molecule has 0 bridgehead atoms. The molecule has 0 amide bonds. The van der Waals surface area contributed by atoms with E-state index in [9.17, 15) is 9.59 Å². The number of Topliss-reactive ketones (excluding diaryl/α,β-unsaturated/α-hetero) is 1. The summed E-state index contributed by atoms with van der Waals surface area (Å²) >= 11 is 0. The highest BCUT2D eigenvalue weighted by Gasteiger charge is 2.28. The van der Waals surface area contributed by atoms with E-state index in [1.54, 1.807) is 6.92 Å². The van der Waals surface area contributed by atoms with Crippen LogP contribution in [0.1, 0.15) is 59.8 Å². The van der Waals surface area contributed by atoms with Crippen LogP contribution in [0.4, 0.5) is 11.5 Å². The molecule has 31 heavy (non-hydrogen) atoms. The van der Waals surface area contributed by atoms with Crippen molar-refractivity contribution in [3.63, 3.8) is 0 Å². The molecule has 0 saturated carbocycles. The molecular formula is C23H34N4O4. The van der Waals surface area contributed by atoms with Gasteiger partial charge in [0, 0.05) is 25.9 Å². The lowest BCUT2D eigenvalue weighted by Crippen LogP contribution is -2.37. The Morgan fingerprint density at radius 3 is 2.48 bits per heavy atom. The zero-order valence-corrected chi connectivity index (χ0v) is 19.0. The highest BCUT2D eigenvalue weighted by molar-refractivity contribution is 5.75. The fourth-order valence-electron chi connectivity index (χ4n) is 3.33. The second kappa shape index (κ2) is 12.1. The molecule has 1 saturated heterocycles. The van der Waals surface area contributed by atoms with E-state index >= 15 is 0 Å². The van der Waals surface area contributed by atoms with Gasteiger partial charge < -0.3 is 24.9 Å². The van der Waals surface area contributed by atoms with Crippen LogP contribution in [0.5, 0.6) is 5.88 Å². The summed E-state index contributed by atoms with van der Waals surface area (Å²) in [5.74, 6) is 1.63. The highest BCUT2D eigenvalue weighted by atomic mass is 16.5. The number of piperidine rings is 1. The fraction of sp³-hybridized carbons (Fsp3) is 0.565. The number of nitrogen functional groups attached to an aromatic ring is 1. The Hall–Kier alpha value is -2.90. The number of hydrogen-bond donors (Lipinski definition) is 1. The van der Waals surface area contributed by atoms with Crippen molar-refractivity contribution >= 4 is 23.3 Å². The minimum absolute atomic E-state index is 0.0809. The van der Waals surface area contributed by atoms with Gasteiger partial charge in [-0.3, -0.25) is 4.79 Å². The molecular weight excluding hydrogens is 396 g/mol. The largest absolute Gasteiger partial charge is 0.466 e. The molecule has 170 valence electrons. The molecule has 1 aliphatic rings. The molecule has 8 nitrogen and oxygen atoms in total. The number of ketones is 1. The van der Waals surface area contributed by atoms with Crippen molar-refractivity contribution in [3.05, 3.63) is 29.8 Å². The topological polar surface area (TPSA) is 108 Å². The summed E-state index contributed by atoms with van der Waals surface area (Å²) in [6, 6.07) is 0. The van der Waals surface area contributed by atoms with E-state index in [1.807, 2.05) is 32.9 Å². The summed E-state index contributed by atoms with van der Waals surface area (Å²) in [6.45, 7) is 9.12. The summed E-state index contributed by atoms with van der Waals surface area (Å²) in [4.78, 5) is 33.7. The van der Waals surface area contributed by atoms with E-state index in [0.717, 1.165) is 17.8 Å². The first kappa shape index (κ1) is 24.4. The van der Waals surface area contributed by atoms with Crippen LogP contribution in [0.15, 0.2) is 29.8 Å². The van der Waals surface area contributed by atoms with Crippen LogP contribution >= 0.6 is 0 Å². The summed E-state index contributed by atoms with van der Waals surface area (Å²) in [6.07, 6.45) is 8.62. The Bertz CT molecular complexity index is 827. The molecule has 1 aromatic rings. The van der Waals surface area contributed by atoms with E-state index < -0.39 is 0 Å². The number of nitrogens with two attached hydrogens (primary N) is 1. The van der Waals surface area contributed by atoms with Gasteiger partial charge in [-0.25, -0.2) is 4.98 Å². The van der Waals surface area contributed by atoms with Crippen LogP contribution in [0.3, 0.4) is 0 Å². The van der Waals surface area contributed by atoms with Gasteiger partial charge in [0.1, 0.15) is 23.6 Å². The lowest BCUT2D eigenvalue weighted by atomic mass is 9.97. The van der Waals surface area contributed by atoms with Gasteiger partial charge >= 0.3 is 5.97 Å². The van der Waals surface area contributed by atoms with E-state index in [1.165, 1.54) is 6.33 Å². The third kappa shape index (κ3) is 7.38. The number of carbonyl (C=O) groups excluding carboxylic acids is 2. The average molecular weight is 431 g/mol. The van der Waals surface area contributed by atoms with Gasteiger partial charge in [-0.15, -0.1) is 0 Å². The summed E-state index contributed by atoms with van der Waals surface area (Å²) in [7, 11) is 0. The third-order valence-electron chi connectivity index (χ3n) is 5.24. The smallest absolute Gasteiger partial charge is 0.309 e. The molecule has 0 radical (unpaired) electrons. The monoisotopic (exact) mass is 430 g/mol. The Balaban J connectivity index is 2.06. The molecule has 2 heterocycles. The Morgan fingerprint density at radius 2 is 1.87 bits per heavy atom. The van der Waals surface area contributed by atoms with Crippen molar-refractivity contribution in [2.24, 2.45) is 5.92 Å². The molecule has 8 heteroatoms. The lowest BCUT2D eigenvalue weighted by molar-refractivity contribution is -0.148. The molecule has 2 rings (SSSR count). The van der Waals surface area contributed by atoms with Gasteiger partial charge in [0.25, 0.3) is 0 Å². The second-order valence-electron chi connectivity index (χ2n) is 7.73. The number of ether oxygens (including phenoxy) is 2. The minimum Gasteiger partial charge on any atom is -0.466 e. The zero-order chi connectivity index (χ0) is 22.8. The summed E-state index contributed by atoms with van der Waals surface area (Å²) in [5, 5.41) is 0. The van der Waals surface area contributed by atoms with E-state index in [0.29, 0.717) is 62.8 Å². The molecule has 0 spiro atoms. The zero-order valence-electron chi connectivity index (χ0n) is 19.0. The number of aromatic nitrogens is 2. The lowest BCUT2D eigenvalue weighted by Gasteiger charge is -2.32. The second-order valence-corrected chi connectivity index (χ2v) is 7.73. The van der Waals surface area contributed by atoms with Gasteiger partial charge in [0.15, 0.2) is 5.82 Å². The van der Waals surface area contributed by atoms with Crippen molar-refractivity contribution < 1.29 is 19.1 Å². The maximum absolute atomic E-state index is 12.0. The fourth-order valence-corrected chi connectivity index (χ4v) is 3.33. The van der Waals surface area contributed by atoms with E-state index in [4.69, 9.17) is 15.2 Å². The van der Waals surface area contributed by atoms with Crippen LogP contribution in [-0.2, 0) is 14.3 Å². The van der Waals surface area contributed by atoms with E-state index in [2.05, 4.69) is 14.9 Å². The van der Waals surface area contributed by atoms with Crippen LogP contribution in [0.2, 0.25) is 0 Å². The number of nitrogens with zero attached hydrogens (tertiary/aromatic N) is 3. The molecule has 1 aliphatic heterocycles. The van der Waals surface area contributed by atoms with Gasteiger partial charge in [-0.05, 0) is 46.1 Å². The Kier molecular flexibility index (Phi) is 9.49. The molecule has 0 aromatic carbocycles. The molecule has 0 unspecified atom stereocenters. The molecule has 0 atom stereocenters. The Labute approximate surface area is 184 Å². The number of allylic oxidation sites excluding steroid dienone is 4. The number of rotatable bonds is 10. The van der Waals surface area contributed by atoms with Crippen molar-refractivity contribution in [3.8, 4) is 5.88 Å². The maximum Gasteiger partial charge on any atom is 0.309 e. The van der Waals surface area contributed by atoms with Gasteiger partial charge in [0.2, 0.25) is 5.88 Å². The molecule has 2 N–H and O–H groups in total. The average Bonchev–Trinajstić information content (AvgIpc) is 2.76. The number of esters is 1. The van der Waals surface area contributed by atoms with Gasteiger partial charge in [-0.1, -0.05) is 18.6 Å². The first-order valence-electron chi connectivity index (χ1n) is 10.9. The standard InChI is InChI=1S/C23H34N4O4/c1-5-19(10-8-16(3)7-9-17(4)28)31-22-20(24)21(25-15-26-22)27-13-11-18(12-14-27)23(29)30-6-2/h8,10,15,18H,5-7,9,11-14,24H2,1-4H3/b16-8+,19-10+. The minimum atomic E-state index is -0.133. The predicted molar refractivity (Wildman–Crippen MR) is 121 cm³/mol. The predicted octanol–water partition coefficient (Wildman–Crippen LogP) is 3.83. The van der Waals surface area contributed by atoms with Gasteiger partial charge in [-0.2, -0.15) is 4.98 Å². The van der Waals surface area contributed by atoms with Crippen molar-refractivity contribution in [1.29, 1.82) is 0 Å². The summed E-state index contributed by atoms with van der Waals surface area (Å²) in [5.41, 5.74) is 7.82. The van der Waals surface area contributed by atoms with Crippen molar-refractivity contribution in [2.75, 3.05) is 30.3 Å². The molecule has 1 fully saturated rings. The number of hydrogen-bond acceptors (Lipinski definition) is 8. The first-order valence-corrected chi connectivity index (χ1v) is 10.9. The van der Waals surface area contributed by atoms with Gasteiger partial charge in [0.05, 0.1) is 12.5 Å². The third-order valence-corrected chi connectivity index (χ3v) is 5.24. The maximum atomic E-state index is 12.0. The molecule has 0 aliphatic carbocycles. The van der Waals surface area contributed by atoms with Crippen molar-refractivity contribution in [1.82, 2.24) is 9.97 Å².